The Morgan fingerprint density at radius 1 is 1.62 bits per heavy atom. The molecule has 3 fully saturated rings. The van der Waals surface area contributed by atoms with Crippen molar-refractivity contribution in [2.75, 3.05) is 6.61 Å². The Kier molecular flexibility index (Phi) is 0.762. The molecule has 0 unspecified atom stereocenters. The average Bonchev–Trinajstić information content (AvgIpc) is 2.17. The lowest BCUT2D eigenvalue weighted by molar-refractivity contribution is -0.00146. The van der Waals surface area contributed by atoms with Crippen molar-refractivity contribution in [3.63, 3.8) is 0 Å². The predicted molar refractivity (Wildman–Crippen MR) is 31.7 cm³/mol. The lowest BCUT2D eigenvalue weighted by atomic mass is 9.73. The van der Waals surface area contributed by atoms with Crippen LogP contribution >= 0.6 is 0 Å². The summed E-state index contributed by atoms with van der Waals surface area (Å²) in [6.45, 7) is 3.27. The van der Waals surface area contributed by atoms with Gasteiger partial charge in [0.15, 0.2) is 0 Å². The molecule has 0 atom stereocenters. The Balaban J connectivity index is 2.09. The minimum atomic E-state index is 0.380. The molecule has 2 bridgehead atoms. The van der Waals surface area contributed by atoms with E-state index in [1.807, 2.05) is 0 Å². The van der Waals surface area contributed by atoms with Crippen LogP contribution in [0.1, 0.15) is 26.2 Å². The Morgan fingerprint density at radius 2 is 2.38 bits per heavy atom. The summed E-state index contributed by atoms with van der Waals surface area (Å²) in [5.41, 5.74) is 0.380. The Labute approximate surface area is 50.0 Å². The average molecular weight is 112 g/mol. The van der Waals surface area contributed by atoms with Crippen LogP contribution in [0.2, 0.25) is 0 Å². The third-order valence-corrected chi connectivity index (χ3v) is 2.59. The molecular weight excluding hydrogens is 100 g/mol. The van der Waals surface area contributed by atoms with Crippen LogP contribution in [0.15, 0.2) is 0 Å². The molecule has 2 aliphatic heterocycles. The molecular formula is C7H12O. The van der Waals surface area contributed by atoms with Crippen LogP contribution < -0.4 is 0 Å². The van der Waals surface area contributed by atoms with Crippen LogP contribution in [0, 0.1) is 5.92 Å². The van der Waals surface area contributed by atoms with Gasteiger partial charge in [-0.3, -0.25) is 0 Å². The predicted octanol–water partition coefficient (Wildman–Crippen LogP) is 1.58. The van der Waals surface area contributed by atoms with E-state index >= 15 is 0 Å². The van der Waals surface area contributed by atoms with E-state index in [1.165, 1.54) is 19.3 Å². The smallest absolute Gasteiger partial charge is 0.0687 e. The third kappa shape index (κ3) is 0.408. The van der Waals surface area contributed by atoms with Crippen molar-refractivity contribution >= 4 is 0 Å². The van der Waals surface area contributed by atoms with Crippen LogP contribution in [0.3, 0.4) is 0 Å². The van der Waals surface area contributed by atoms with E-state index < -0.39 is 0 Å². The summed E-state index contributed by atoms with van der Waals surface area (Å²) in [6, 6.07) is 0. The fraction of sp³-hybridized carbons (Fsp3) is 1.00. The second kappa shape index (κ2) is 1.27. The minimum absolute atomic E-state index is 0.380. The molecule has 3 aliphatic rings. The van der Waals surface area contributed by atoms with E-state index in [9.17, 15) is 0 Å². The van der Waals surface area contributed by atoms with Crippen molar-refractivity contribution < 1.29 is 4.74 Å². The first-order valence-electron chi connectivity index (χ1n) is 3.49. The van der Waals surface area contributed by atoms with Crippen LogP contribution in [-0.4, -0.2) is 12.2 Å². The highest BCUT2D eigenvalue weighted by Crippen LogP contribution is 2.49. The summed E-state index contributed by atoms with van der Waals surface area (Å²) in [5, 5.41) is 0. The van der Waals surface area contributed by atoms with Crippen molar-refractivity contribution in [1.29, 1.82) is 0 Å². The molecule has 0 aromatic heterocycles. The standard InChI is InChI=1S/C7H12O/c1-2-7-3-6(4-7)5-8-7/h6H,2-5H2,1H3. The van der Waals surface area contributed by atoms with Gasteiger partial charge in [0.25, 0.3) is 0 Å². The highest BCUT2D eigenvalue weighted by Gasteiger charge is 2.50. The van der Waals surface area contributed by atoms with Crippen LogP contribution in [0.5, 0.6) is 0 Å². The lowest BCUT2D eigenvalue weighted by Crippen LogP contribution is -2.35. The maximum absolute atomic E-state index is 5.56. The molecule has 3 rings (SSSR count). The van der Waals surface area contributed by atoms with Crippen molar-refractivity contribution in [1.82, 2.24) is 0 Å². The van der Waals surface area contributed by atoms with Gasteiger partial charge in [-0.05, 0) is 25.2 Å². The molecule has 1 aliphatic carbocycles. The van der Waals surface area contributed by atoms with Gasteiger partial charge in [-0.25, -0.2) is 0 Å². The van der Waals surface area contributed by atoms with Gasteiger partial charge in [0.1, 0.15) is 0 Å². The molecule has 1 nitrogen and oxygen atoms in total. The normalized spacial score (nSPS) is 51.4. The summed E-state index contributed by atoms with van der Waals surface area (Å²) in [5.74, 6) is 0.940. The molecule has 0 radical (unpaired) electrons. The van der Waals surface area contributed by atoms with E-state index in [4.69, 9.17) is 4.74 Å². The molecule has 0 aromatic carbocycles. The molecule has 1 saturated carbocycles. The highest BCUT2D eigenvalue weighted by atomic mass is 16.5. The first-order chi connectivity index (χ1) is 3.85. The highest BCUT2D eigenvalue weighted by molar-refractivity contribution is 5.00. The van der Waals surface area contributed by atoms with Gasteiger partial charge in [-0.15, -0.1) is 0 Å². The summed E-state index contributed by atoms with van der Waals surface area (Å²) < 4.78 is 5.56. The molecule has 2 saturated heterocycles. The fourth-order valence-corrected chi connectivity index (χ4v) is 1.91. The number of fused-ring (bicyclic) bond motifs is 1. The van der Waals surface area contributed by atoms with Gasteiger partial charge in [-0.2, -0.15) is 0 Å². The van der Waals surface area contributed by atoms with E-state index in [0.29, 0.717) is 5.60 Å². The van der Waals surface area contributed by atoms with Crippen molar-refractivity contribution in [2.45, 2.75) is 31.8 Å². The lowest BCUT2D eigenvalue weighted by Gasteiger charge is -2.34. The molecule has 0 aromatic rings. The van der Waals surface area contributed by atoms with Crippen LogP contribution in [-0.2, 0) is 4.74 Å². The second-order valence-electron chi connectivity index (χ2n) is 3.12. The number of hydrogen-bond acceptors (Lipinski definition) is 1. The zero-order valence-corrected chi connectivity index (χ0v) is 5.31. The Morgan fingerprint density at radius 3 is 2.62 bits per heavy atom. The monoisotopic (exact) mass is 112 g/mol. The van der Waals surface area contributed by atoms with Gasteiger partial charge in [0.05, 0.1) is 12.2 Å². The second-order valence-corrected chi connectivity index (χ2v) is 3.12. The summed E-state index contributed by atoms with van der Waals surface area (Å²) in [6.07, 6.45) is 3.93. The van der Waals surface area contributed by atoms with Crippen LogP contribution in [0.4, 0.5) is 0 Å². The van der Waals surface area contributed by atoms with Gasteiger partial charge in [-0.1, -0.05) is 6.92 Å². The first kappa shape index (κ1) is 4.80. The zero-order chi connectivity index (χ0) is 5.61. The molecule has 0 N–H and O–H groups in total. The molecule has 0 amide bonds. The SMILES string of the molecule is CCC12CC(CO1)C2. The topological polar surface area (TPSA) is 9.23 Å². The van der Waals surface area contributed by atoms with E-state index in [0.717, 1.165) is 12.5 Å². The van der Waals surface area contributed by atoms with E-state index in [1.54, 1.807) is 0 Å². The Hall–Kier alpha value is -0.0400. The number of hydrogen-bond donors (Lipinski definition) is 0. The van der Waals surface area contributed by atoms with Gasteiger partial charge < -0.3 is 4.74 Å². The fourth-order valence-electron chi connectivity index (χ4n) is 1.91. The third-order valence-electron chi connectivity index (χ3n) is 2.59. The Bertz CT molecular complexity index is 97.4. The van der Waals surface area contributed by atoms with Gasteiger partial charge in [0.2, 0.25) is 0 Å². The van der Waals surface area contributed by atoms with E-state index in [-0.39, 0.29) is 0 Å². The number of ether oxygens (including phenoxy) is 1. The quantitative estimate of drug-likeness (QED) is 0.500. The maximum atomic E-state index is 5.56. The molecule has 0 spiro atoms. The largest absolute Gasteiger partial charge is 0.375 e. The summed E-state index contributed by atoms with van der Waals surface area (Å²) >= 11 is 0. The minimum Gasteiger partial charge on any atom is -0.375 e. The molecule has 1 heteroatoms. The van der Waals surface area contributed by atoms with Crippen molar-refractivity contribution in [3.05, 3.63) is 0 Å². The maximum Gasteiger partial charge on any atom is 0.0687 e. The van der Waals surface area contributed by atoms with Crippen molar-refractivity contribution in [3.8, 4) is 0 Å². The van der Waals surface area contributed by atoms with Gasteiger partial charge >= 0.3 is 0 Å². The molecule has 46 valence electrons. The van der Waals surface area contributed by atoms with Gasteiger partial charge in [0, 0.05) is 0 Å². The zero-order valence-electron chi connectivity index (χ0n) is 5.31. The summed E-state index contributed by atoms with van der Waals surface area (Å²) in [4.78, 5) is 0. The summed E-state index contributed by atoms with van der Waals surface area (Å²) in [7, 11) is 0. The van der Waals surface area contributed by atoms with E-state index in [2.05, 4.69) is 6.92 Å². The first-order valence-corrected chi connectivity index (χ1v) is 3.49. The number of rotatable bonds is 1. The molecule has 8 heavy (non-hydrogen) atoms. The van der Waals surface area contributed by atoms with Crippen molar-refractivity contribution in [2.24, 2.45) is 5.92 Å². The van der Waals surface area contributed by atoms with Crippen LogP contribution in [0.25, 0.3) is 0 Å². The molecule has 2 heterocycles.